The van der Waals surface area contributed by atoms with Crippen LogP contribution in [0.1, 0.15) is 32.3 Å². The molecule has 0 aliphatic rings. The summed E-state index contributed by atoms with van der Waals surface area (Å²) >= 11 is 5.45. The standard InChI is InChI=1S/C16H26BrNS/c1-13(2)18-12-15(5-4-10-19-3)11-14-6-8-16(17)9-7-14/h6-9,13,15,18H,4-5,10-12H2,1-3H3. The summed E-state index contributed by atoms with van der Waals surface area (Å²) in [5.74, 6) is 2.02. The Labute approximate surface area is 131 Å². The number of benzene rings is 1. The van der Waals surface area contributed by atoms with Crippen LogP contribution in [0.4, 0.5) is 0 Å². The highest BCUT2D eigenvalue weighted by molar-refractivity contribution is 9.10. The van der Waals surface area contributed by atoms with Gasteiger partial charge in [-0.05, 0) is 61.4 Å². The van der Waals surface area contributed by atoms with Crippen LogP contribution in [0.2, 0.25) is 0 Å². The highest BCUT2D eigenvalue weighted by Gasteiger charge is 2.10. The first-order valence-electron chi connectivity index (χ1n) is 7.08. The predicted octanol–water partition coefficient (Wildman–Crippen LogP) is 4.75. The van der Waals surface area contributed by atoms with Crippen molar-refractivity contribution in [1.29, 1.82) is 0 Å². The smallest absolute Gasteiger partial charge is 0.0175 e. The molecule has 0 saturated carbocycles. The Kier molecular flexibility index (Phi) is 8.84. The van der Waals surface area contributed by atoms with Crippen molar-refractivity contribution >= 4 is 27.7 Å². The lowest BCUT2D eigenvalue weighted by atomic mass is 9.95. The average Bonchev–Trinajstić information content (AvgIpc) is 2.38. The molecule has 1 unspecified atom stereocenters. The van der Waals surface area contributed by atoms with E-state index >= 15 is 0 Å². The molecule has 0 heterocycles. The average molecular weight is 344 g/mol. The van der Waals surface area contributed by atoms with Crippen LogP contribution in [0.5, 0.6) is 0 Å². The van der Waals surface area contributed by atoms with Gasteiger partial charge in [-0.2, -0.15) is 11.8 Å². The quantitative estimate of drug-likeness (QED) is 0.649. The molecule has 0 amide bonds. The second kappa shape index (κ2) is 9.84. The van der Waals surface area contributed by atoms with Gasteiger partial charge in [-0.1, -0.05) is 41.9 Å². The maximum Gasteiger partial charge on any atom is 0.0175 e. The fraction of sp³-hybridized carbons (Fsp3) is 0.625. The molecule has 1 rings (SSSR count). The van der Waals surface area contributed by atoms with Gasteiger partial charge in [0.2, 0.25) is 0 Å². The minimum absolute atomic E-state index is 0.577. The first-order valence-corrected chi connectivity index (χ1v) is 9.27. The number of hydrogen-bond donors (Lipinski definition) is 1. The third-order valence-electron chi connectivity index (χ3n) is 3.21. The Hall–Kier alpha value is 0.01000. The molecule has 0 radical (unpaired) electrons. The molecule has 0 saturated heterocycles. The number of rotatable bonds is 9. The Bertz CT molecular complexity index is 337. The van der Waals surface area contributed by atoms with Crippen LogP contribution < -0.4 is 5.32 Å². The van der Waals surface area contributed by atoms with Crippen molar-refractivity contribution in [3.8, 4) is 0 Å². The zero-order valence-corrected chi connectivity index (χ0v) is 14.7. The lowest BCUT2D eigenvalue weighted by Crippen LogP contribution is -2.30. The van der Waals surface area contributed by atoms with E-state index in [0.717, 1.165) is 16.9 Å². The van der Waals surface area contributed by atoms with Gasteiger partial charge in [0.05, 0.1) is 0 Å². The summed E-state index contributed by atoms with van der Waals surface area (Å²) in [5.41, 5.74) is 1.45. The van der Waals surface area contributed by atoms with Crippen molar-refractivity contribution in [2.24, 2.45) is 5.92 Å². The van der Waals surface area contributed by atoms with Gasteiger partial charge >= 0.3 is 0 Å². The highest BCUT2D eigenvalue weighted by Crippen LogP contribution is 2.17. The normalized spacial score (nSPS) is 12.9. The second-order valence-corrected chi connectivity index (χ2v) is 7.30. The van der Waals surface area contributed by atoms with Crippen molar-refractivity contribution in [3.63, 3.8) is 0 Å². The van der Waals surface area contributed by atoms with E-state index in [0.29, 0.717) is 6.04 Å². The Morgan fingerprint density at radius 3 is 2.47 bits per heavy atom. The van der Waals surface area contributed by atoms with Gasteiger partial charge < -0.3 is 5.32 Å². The van der Waals surface area contributed by atoms with E-state index in [-0.39, 0.29) is 0 Å². The van der Waals surface area contributed by atoms with Crippen molar-refractivity contribution in [3.05, 3.63) is 34.3 Å². The summed E-state index contributed by atoms with van der Waals surface area (Å²) in [4.78, 5) is 0. The van der Waals surface area contributed by atoms with Crippen LogP contribution in [0.15, 0.2) is 28.7 Å². The first-order chi connectivity index (χ1) is 9.11. The van der Waals surface area contributed by atoms with E-state index in [1.165, 1.54) is 30.6 Å². The van der Waals surface area contributed by atoms with Gasteiger partial charge in [-0.15, -0.1) is 0 Å². The monoisotopic (exact) mass is 343 g/mol. The fourth-order valence-corrected chi connectivity index (χ4v) is 2.87. The molecule has 0 bridgehead atoms. The Balaban J connectivity index is 2.48. The van der Waals surface area contributed by atoms with Crippen molar-refractivity contribution in [1.82, 2.24) is 5.32 Å². The zero-order chi connectivity index (χ0) is 14.1. The summed E-state index contributed by atoms with van der Waals surface area (Å²) < 4.78 is 1.16. The molecular weight excluding hydrogens is 318 g/mol. The van der Waals surface area contributed by atoms with Gasteiger partial charge in [-0.3, -0.25) is 0 Å². The Morgan fingerprint density at radius 1 is 1.21 bits per heavy atom. The van der Waals surface area contributed by atoms with Gasteiger partial charge in [0.15, 0.2) is 0 Å². The summed E-state index contributed by atoms with van der Waals surface area (Å²) in [7, 11) is 0. The van der Waals surface area contributed by atoms with Gasteiger partial charge in [0.25, 0.3) is 0 Å². The molecule has 1 aromatic carbocycles. The second-order valence-electron chi connectivity index (χ2n) is 5.39. The van der Waals surface area contributed by atoms with Crippen LogP contribution in [-0.2, 0) is 6.42 Å². The van der Waals surface area contributed by atoms with Crippen LogP contribution >= 0.6 is 27.7 Å². The molecule has 1 aromatic rings. The summed E-state index contributed by atoms with van der Waals surface area (Å²) in [6.07, 6.45) is 6.01. The van der Waals surface area contributed by atoms with Crippen LogP contribution in [-0.4, -0.2) is 24.6 Å². The zero-order valence-electron chi connectivity index (χ0n) is 12.3. The van der Waals surface area contributed by atoms with Gasteiger partial charge in [-0.25, -0.2) is 0 Å². The third kappa shape index (κ3) is 8.01. The lowest BCUT2D eigenvalue weighted by Gasteiger charge is -2.19. The van der Waals surface area contributed by atoms with E-state index in [9.17, 15) is 0 Å². The molecule has 0 aliphatic heterocycles. The third-order valence-corrected chi connectivity index (χ3v) is 4.44. The van der Waals surface area contributed by atoms with E-state index < -0.39 is 0 Å². The molecule has 0 fully saturated rings. The molecular formula is C16H26BrNS. The minimum Gasteiger partial charge on any atom is -0.314 e. The van der Waals surface area contributed by atoms with E-state index in [4.69, 9.17) is 0 Å². The van der Waals surface area contributed by atoms with E-state index in [2.05, 4.69) is 65.6 Å². The summed E-state index contributed by atoms with van der Waals surface area (Å²) in [5, 5.41) is 3.59. The summed E-state index contributed by atoms with van der Waals surface area (Å²) in [6, 6.07) is 9.34. The highest BCUT2D eigenvalue weighted by atomic mass is 79.9. The van der Waals surface area contributed by atoms with Crippen LogP contribution in [0, 0.1) is 5.92 Å². The maximum atomic E-state index is 3.59. The number of halogens is 1. The van der Waals surface area contributed by atoms with Crippen LogP contribution in [0.25, 0.3) is 0 Å². The predicted molar refractivity (Wildman–Crippen MR) is 92.1 cm³/mol. The van der Waals surface area contributed by atoms with Crippen LogP contribution in [0.3, 0.4) is 0 Å². The molecule has 1 N–H and O–H groups in total. The van der Waals surface area contributed by atoms with Crippen molar-refractivity contribution in [2.45, 2.75) is 39.2 Å². The number of nitrogens with one attached hydrogen (secondary N) is 1. The molecule has 108 valence electrons. The molecule has 1 atom stereocenters. The van der Waals surface area contributed by atoms with E-state index in [1.54, 1.807) is 0 Å². The van der Waals surface area contributed by atoms with Crippen molar-refractivity contribution in [2.75, 3.05) is 18.6 Å². The molecule has 19 heavy (non-hydrogen) atoms. The fourth-order valence-electron chi connectivity index (χ4n) is 2.15. The topological polar surface area (TPSA) is 12.0 Å². The maximum absolute atomic E-state index is 3.59. The summed E-state index contributed by atoms with van der Waals surface area (Å²) in [6.45, 7) is 5.57. The lowest BCUT2D eigenvalue weighted by molar-refractivity contribution is 0.419. The molecule has 0 aromatic heterocycles. The first kappa shape index (κ1) is 17.1. The van der Waals surface area contributed by atoms with Gasteiger partial charge in [0, 0.05) is 10.5 Å². The SMILES string of the molecule is CSCCCC(CNC(C)C)Cc1ccc(Br)cc1. The number of hydrogen-bond acceptors (Lipinski definition) is 2. The largest absolute Gasteiger partial charge is 0.314 e. The molecule has 0 aliphatic carbocycles. The van der Waals surface area contributed by atoms with Gasteiger partial charge in [0.1, 0.15) is 0 Å². The molecule has 3 heteroatoms. The molecule has 0 spiro atoms. The number of thioether (sulfide) groups is 1. The Morgan fingerprint density at radius 2 is 1.89 bits per heavy atom. The van der Waals surface area contributed by atoms with Crippen molar-refractivity contribution < 1.29 is 0 Å². The molecule has 1 nitrogen and oxygen atoms in total. The minimum atomic E-state index is 0.577. The van der Waals surface area contributed by atoms with E-state index in [1.807, 2.05) is 11.8 Å².